The first-order valence-electron chi connectivity index (χ1n) is 5.31. The number of rotatable bonds is 2. The van der Waals surface area contributed by atoms with Gasteiger partial charge in [-0.1, -0.05) is 29.8 Å². The van der Waals surface area contributed by atoms with Crippen molar-refractivity contribution in [3.63, 3.8) is 0 Å². The van der Waals surface area contributed by atoms with Crippen LogP contribution in [0.5, 0.6) is 5.75 Å². The third-order valence-corrected chi connectivity index (χ3v) is 2.73. The Hall–Kier alpha value is -1.28. The zero-order valence-corrected chi connectivity index (χ0v) is 9.23. The van der Waals surface area contributed by atoms with Gasteiger partial charge in [-0.3, -0.25) is 0 Å². The molecule has 0 saturated carbocycles. The first-order valence-corrected chi connectivity index (χ1v) is 5.31. The van der Waals surface area contributed by atoms with Gasteiger partial charge < -0.3 is 10.5 Å². The minimum absolute atomic E-state index is 0.0543. The molecule has 1 aromatic carbocycles. The van der Waals surface area contributed by atoms with E-state index in [0.717, 1.165) is 5.75 Å². The van der Waals surface area contributed by atoms with E-state index in [2.05, 4.69) is 26.0 Å². The van der Waals surface area contributed by atoms with Crippen molar-refractivity contribution in [2.24, 2.45) is 5.73 Å². The van der Waals surface area contributed by atoms with E-state index in [0.29, 0.717) is 12.5 Å². The molecule has 2 N–H and O–H groups in total. The van der Waals surface area contributed by atoms with Gasteiger partial charge in [-0.2, -0.15) is 0 Å². The molecule has 0 radical (unpaired) electrons. The normalized spacial score (nSPS) is 20.3. The van der Waals surface area contributed by atoms with Crippen LogP contribution in [-0.2, 0) is 0 Å². The van der Waals surface area contributed by atoms with Gasteiger partial charge >= 0.3 is 0 Å². The molecule has 0 saturated heterocycles. The topological polar surface area (TPSA) is 35.2 Å². The Kier molecular flexibility index (Phi) is 2.78. The molecule has 2 nitrogen and oxygen atoms in total. The van der Waals surface area contributed by atoms with Gasteiger partial charge in [-0.05, 0) is 19.9 Å². The third kappa shape index (κ3) is 2.05. The van der Waals surface area contributed by atoms with Crippen LogP contribution in [0.15, 0.2) is 35.9 Å². The van der Waals surface area contributed by atoms with Gasteiger partial charge in [0.05, 0.1) is 6.61 Å². The zero-order valence-electron chi connectivity index (χ0n) is 9.23. The molecule has 2 rings (SSSR count). The van der Waals surface area contributed by atoms with Crippen molar-refractivity contribution in [3.05, 3.63) is 41.5 Å². The SMILES string of the molecule is CC(C)=CC(N)C1COc2ccccc21. The number of fused-ring (bicyclic) bond motifs is 1. The molecule has 2 unspecified atom stereocenters. The molecule has 1 aliphatic rings. The summed E-state index contributed by atoms with van der Waals surface area (Å²) in [6.45, 7) is 4.84. The van der Waals surface area contributed by atoms with E-state index >= 15 is 0 Å². The Morgan fingerprint density at radius 2 is 2.20 bits per heavy atom. The minimum Gasteiger partial charge on any atom is -0.493 e. The smallest absolute Gasteiger partial charge is 0.122 e. The maximum atomic E-state index is 6.14. The van der Waals surface area contributed by atoms with Gasteiger partial charge in [-0.25, -0.2) is 0 Å². The number of hydrogen-bond acceptors (Lipinski definition) is 2. The van der Waals surface area contributed by atoms with Gasteiger partial charge in [0.15, 0.2) is 0 Å². The Morgan fingerprint density at radius 3 is 2.93 bits per heavy atom. The fourth-order valence-electron chi connectivity index (χ4n) is 2.01. The molecule has 15 heavy (non-hydrogen) atoms. The molecule has 2 atom stereocenters. The molecule has 1 heterocycles. The third-order valence-electron chi connectivity index (χ3n) is 2.73. The standard InChI is InChI=1S/C13H17NO/c1-9(2)7-12(14)11-8-15-13-6-4-3-5-10(11)13/h3-7,11-12H,8,14H2,1-2H3. The largest absolute Gasteiger partial charge is 0.493 e. The monoisotopic (exact) mass is 203 g/mol. The number of para-hydroxylation sites is 1. The van der Waals surface area contributed by atoms with Crippen molar-refractivity contribution in [1.29, 1.82) is 0 Å². The van der Waals surface area contributed by atoms with Gasteiger partial charge in [0.25, 0.3) is 0 Å². The number of nitrogens with two attached hydrogens (primary N) is 1. The summed E-state index contributed by atoms with van der Waals surface area (Å²) < 4.78 is 5.60. The lowest BCUT2D eigenvalue weighted by Gasteiger charge is -2.14. The first kappa shape index (κ1) is 10.2. The van der Waals surface area contributed by atoms with E-state index < -0.39 is 0 Å². The summed E-state index contributed by atoms with van der Waals surface area (Å²) in [4.78, 5) is 0. The first-order chi connectivity index (χ1) is 7.18. The molecule has 2 heteroatoms. The zero-order chi connectivity index (χ0) is 10.8. The number of ether oxygens (including phenoxy) is 1. The lowest BCUT2D eigenvalue weighted by atomic mass is 9.93. The van der Waals surface area contributed by atoms with Crippen LogP contribution in [0.4, 0.5) is 0 Å². The minimum atomic E-state index is 0.0543. The molecule has 0 aliphatic carbocycles. The maximum Gasteiger partial charge on any atom is 0.122 e. The summed E-state index contributed by atoms with van der Waals surface area (Å²) in [5, 5.41) is 0. The molecule has 0 aromatic heterocycles. The van der Waals surface area contributed by atoms with Crippen molar-refractivity contribution < 1.29 is 4.74 Å². The van der Waals surface area contributed by atoms with E-state index in [1.54, 1.807) is 0 Å². The quantitative estimate of drug-likeness (QED) is 0.749. The molecule has 0 amide bonds. The maximum absolute atomic E-state index is 6.14. The molecule has 80 valence electrons. The van der Waals surface area contributed by atoms with Gasteiger partial charge in [-0.15, -0.1) is 0 Å². The molecule has 1 aromatic rings. The highest BCUT2D eigenvalue weighted by Crippen LogP contribution is 2.35. The van der Waals surface area contributed by atoms with E-state index in [1.165, 1.54) is 11.1 Å². The molecular formula is C13H17NO. The second-order valence-corrected chi connectivity index (χ2v) is 4.28. The summed E-state index contributed by atoms with van der Waals surface area (Å²) in [6, 6.07) is 8.19. The Labute approximate surface area is 90.7 Å². The second kappa shape index (κ2) is 4.07. The summed E-state index contributed by atoms with van der Waals surface area (Å²) in [5.41, 5.74) is 8.63. The van der Waals surface area contributed by atoms with Crippen molar-refractivity contribution in [2.45, 2.75) is 25.8 Å². The van der Waals surface area contributed by atoms with Gasteiger partial charge in [0.1, 0.15) is 5.75 Å². The number of allylic oxidation sites excluding steroid dienone is 1. The van der Waals surface area contributed by atoms with Gasteiger partial charge in [0, 0.05) is 17.5 Å². The fraction of sp³-hybridized carbons (Fsp3) is 0.385. The van der Waals surface area contributed by atoms with Crippen LogP contribution in [0, 0.1) is 0 Å². The van der Waals surface area contributed by atoms with Crippen LogP contribution >= 0.6 is 0 Å². The van der Waals surface area contributed by atoms with Crippen LogP contribution in [0.1, 0.15) is 25.3 Å². The molecular weight excluding hydrogens is 186 g/mol. The molecule has 0 fully saturated rings. The summed E-state index contributed by atoms with van der Waals surface area (Å²) in [6.07, 6.45) is 2.11. The lowest BCUT2D eigenvalue weighted by molar-refractivity contribution is 0.323. The van der Waals surface area contributed by atoms with Crippen LogP contribution in [0.25, 0.3) is 0 Å². The van der Waals surface area contributed by atoms with E-state index in [-0.39, 0.29) is 6.04 Å². The predicted molar refractivity (Wildman–Crippen MR) is 62.1 cm³/mol. The van der Waals surface area contributed by atoms with Crippen molar-refractivity contribution in [2.75, 3.05) is 6.61 Å². The number of benzene rings is 1. The summed E-state index contributed by atoms with van der Waals surface area (Å²) in [5.74, 6) is 1.29. The lowest BCUT2D eigenvalue weighted by Crippen LogP contribution is -2.27. The van der Waals surface area contributed by atoms with Crippen LogP contribution in [0.2, 0.25) is 0 Å². The van der Waals surface area contributed by atoms with Crippen molar-refractivity contribution in [1.82, 2.24) is 0 Å². The van der Waals surface area contributed by atoms with Crippen molar-refractivity contribution >= 4 is 0 Å². The highest BCUT2D eigenvalue weighted by molar-refractivity contribution is 5.41. The Bertz CT molecular complexity index is 380. The highest BCUT2D eigenvalue weighted by Gasteiger charge is 2.27. The van der Waals surface area contributed by atoms with E-state index in [9.17, 15) is 0 Å². The average molecular weight is 203 g/mol. The predicted octanol–water partition coefficient (Wildman–Crippen LogP) is 2.46. The van der Waals surface area contributed by atoms with Gasteiger partial charge in [0.2, 0.25) is 0 Å². The van der Waals surface area contributed by atoms with Crippen LogP contribution < -0.4 is 10.5 Å². The molecule has 1 aliphatic heterocycles. The van der Waals surface area contributed by atoms with Crippen LogP contribution in [-0.4, -0.2) is 12.6 Å². The van der Waals surface area contributed by atoms with Crippen LogP contribution in [0.3, 0.4) is 0 Å². The second-order valence-electron chi connectivity index (χ2n) is 4.28. The summed E-state index contributed by atoms with van der Waals surface area (Å²) >= 11 is 0. The highest BCUT2D eigenvalue weighted by atomic mass is 16.5. The Morgan fingerprint density at radius 1 is 1.47 bits per heavy atom. The summed E-state index contributed by atoms with van der Waals surface area (Å²) in [7, 11) is 0. The van der Waals surface area contributed by atoms with E-state index in [1.807, 2.05) is 18.2 Å². The fourth-order valence-corrected chi connectivity index (χ4v) is 2.01. The van der Waals surface area contributed by atoms with Crippen molar-refractivity contribution in [3.8, 4) is 5.75 Å². The molecule has 0 spiro atoms. The van der Waals surface area contributed by atoms with E-state index in [4.69, 9.17) is 10.5 Å². The molecule has 0 bridgehead atoms. The average Bonchev–Trinajstić information content (AvgIpc) is 2.59. The Balaban J connectivity index is 2.24. The number of hydrogen-bond donors (Lipinski definition) is 1.